The van der Waals surface area contributed by atoms with E-state index in [4.69, 9.17) is 21.1 Å². The van der Waals surface area contributed by atoms with E-state index < -0.39 is 23.7 Å². The van der Waals surface area contributed by atoms with Crippen molar-refractivity contribution >= 4 is 35.0 Å². The van der Waals surface area contributed by atoms with E-state index in [1.54, 1.807) is 48.5 Å². The second-order valence-electron chi connectivity index (χ2n) is 8.42. The van der Waals surface area contributed by atoms with Gasteiger partial charge in [0.05, 0.1) is 37.5 Å². The Kier molecular flexibility index (Phi) is 7.85. The van der Waals surface area contributed by atoms with Crippen molar-refractivity contribution in [2.24, 2.45) is 0 Å². The molecule has 0 saturated carbocycles. The number of aliphatic hydroxyl groups excluding tert-OH is 1. The predicted molar refractivity (Wildman–Crippen MR) is 130 cm³/mol. The Labute approximate surface area is 208 Å². The molecule has 4 rings (SSSR count). The topological polar surface area (TPSA) is 96.4 Å². The molecule has 2 aliphatic rings. The maximum Gasteiger partial charge on any atom is 0.337 e. The summed E-state index contributed by atoms with van der Waals surface area (Å²) < 4.78 is 10.1. The van der Waals surface area contributed by atoms with E-state index >= 15 is 0 Å². The molecule has 0 spiro atoms. The van der Waals surface area contributed by atoms with Gasteiger partial charge in [-0.05, 0) is 48.4 Å². The average Bonchev–Trinajstić information content (AvgIpc) is 3.14. The Morgan fingerprint density at radius 1 is 1.03 bits per heavy atom. The number of amides is 1. The van der Waals surface area contributed by atoms with Crippen molar-refractivity contribution in [2.75, 3.05) is 46.5 Å². The first kappa shape index (κ1) is 24.9. The molecular formula is C26H27ClN2O6. The van der Waals surface area contributed by atoms with Crippen molar-refractivity contribution in [1.82, 2.24) is 9.80 Å². The highest BCUT2D eigenvalue weighted by atomic mass is 35.5. The molecule has 1 unspecified atom stereocenters. The molecule has 2 fully saturated rings. The van der Waals surface area contributed by atoms with Crippen LogP contribution in [0.2, 0.25) is 5.02 Å². The Bertz CT molecular complexity index is 1120. The number of aliphatic hydroxyl groups is 1. The first-order valence-electron chi connectivity index (χ1n) is 11.4. The van der Waals surface area contributed by atoms with Crippen LogP contribution in [0.1, 0.15) is 33.9 Å². The number of morpholine rings is 1. The molecule has 0 bridgehead atoms. The highest BCUT2D eigenvalue weighted by Gasteiger charge is 2.45. The number of esters is 1. The Balaban J connectivity index is 1.68. The molecule has 35 heavy (non-hydrogen) atoms. The summed E-state index contributed by atoms with van der Waals surface area (Å²) in [6, 6.07) is 12.1. The largest absolute Gasteiger partial charge is 0.507 e. The number of carbonyl (C=O) groups is 3. The fourth-order valence-corrected chi connectivity index (χ4v) is 4.56. The summed E-state index contributed by atoms with van der Waals surface area (Å²) in [5.41, 5.74) is 1.35. The van der Waals surface area contributed by atoms with Crippen molar-refractivity contribution in [2.45, 2.75) is 12.5 Å². The minimum atomic E-state index is -0.790. The number of ether oxygens (including phenoxy) is 2. The zero-order chi connectivity index (χ0) is 24.9. The van der Waals surface area contributed by atoms with Gasteiger partial charge in [-0.25, -0.2) is 4.79 Å². The molecular weight excluding hydrogens is 472 g/mol. The predicted octanol–water partition coefficient (Wildman–Crippen LogP) is 3.27. The molecule has 1 amide bonds. The highest BCUT2D eigenvalue weighted by Crippen LogP contribution is 2.39. The van der Waals surface area contributed by atoms with Crippen LogP contribution in [0.15, 0.2) is 54.1 Å². The van der Waals surface area contributed by atoms with Crippen LogP contribution in [-0.2, 0) is 19.1 Å². The first-order valence-corrected chi connectivity index (χ1v) is 11.8. The molecule has 0 radical (unpaired) electrons. The van der Waals surface area contributed by atoms with Gasteiger partial charge in [0, 0.05) is 36.8 Å². The summed E-state index contributed by atoms with van der Waals surface area (Å²) >= 11 is 5.97. The average molecular weight is 499 g/mol. The second kappa shape index (κ2) is 11.0. The van der Waals surface area contributed by atoms with Crippen LogP contribution in [0, 0.1) is 0 Å². The fourth-order valence-electron chi connectivity index (χ4n) is 4.43. The molecule has 2 aromatic rings. The molecule has 0 aliphatic carbocycles. The summed E-state index contributed by atoms with van der Waals surface area (Å²) in [4.78, 5) is 41.9. The zero-order valence-corrected chi connectivity index (χ0v) is 20.2. The number of carbonyl (C=O) groups excluding carboxylic acids is 3. The lowest BCUT2D eigenvalue weighted by Crippen LogP contribution is -2.39. The molecule has 184 valence electrons. The van der Waals surface area contributed by atoms with Crippen molar-refractivity contribution in [3.05, 3.63) is 75.8 Å². The third-order valence-corrected chi connectivity index (χ3v) is 6.53. The number of Topliss-reactive ketones (excluding diaryl/α,β-unsaturated/α-hetero) is 1. The molecule has 2 heterocycles. The molecule has 2 aromatic carbocycles. The highest BCUT2D eigenvalue weighted by molar-refractivity contribution is 6.46. The molecule has 0 aromatic heterocycles. The van der Waals surface area contributed by atoms with Gasteiger partial charge in [0.2, 0.25) is 0 Å². The van der Waals surface area contributed by atoms with E-state index in [2.05, 4.69) is 4.90 Å². The quantitative estimate of drug-likeness (QED) is 0.271. The van der Waals surface area contributed by atoms with Crippen LogP contribution in [0.3, 0.4) is 0 Å². The van der Waals surface area contributed by atoms with E-state index in [1.165, 1.54) is 12.0 Å². The number of hydrogen-bond acceptors (Lipinski definition) is 7. The van der Waals surface area contributed by atoms with Crippen LogP contribution >= 0.6 is 11.6 Å². The molecule has 8 nitrogen and oxygen atoms in total. The SMILES string of the molecule is COC(=O)c1ccc(C2/C(=C(/O)c3ccc(Cl)cc3)C(=O)C(=O)N2CCCN2CCOCC2)cc1. The number of benzene rings is 2. The second-order valence-corrected chi connectivity index (χ2v) is 8.86. The monoisotopic (exact) mass is 498 g/mol. The van der Waals surface area contributed by atoms with E-state index in [9.17, 15) is 19.5 Å². The summed E-state index contributed by atoms with van der Waals surface area (Å²) in [7, 11) is 1.30. The summed E-state index contributed by atoms with van der Waals surface area (Å²) in [5.74, 6) is -2.16. The van der Waals surface area contributed by atoms with E-state index in [0.717, 1.165) is 19.6 Å². The van der Waals surface area contributed by atoms with Gasteiger partial charge < -0.3 is 19.5 Å². The van der Waals surface area contributed by atoms with Crippen LogP contribution in [0.4, 0.5) is 0 Å². The Morgan fingerprint density at radius 2 is 1.66 bits per heavy atom. The van der Waals surface area contributed by atoms with Gasteiger partial charge in [0.15, 0.2) is 0 Å². The summed E-state index contributed by atoms with van der Waals surface area (Å²) in [5, 5.41) is 11.6. The normalized spacial score (nSPS) is 20.3. The number of nitrogens with zero attached hydrogens (tertiary/aromatic N) is 2. The van der Waals surface area contributed by atoms with Crippen LogP contribution in [0.5, 0.6) is 0 Å². The maximum absolute atomic E-state index is 13.1. The summed E-state index contributed by atoms with van der Waals surface area (Å²) in [6.07, 6.45) is 0.657. The van der Waals surface area contributed by atoms with Crippen LogP contribution < -0.4 is 0 Å². The van der Waals surface area contributed by atoms with Gasteiger partial charge in [0.1, 0.15) is 5.76 Å². The van der Waals surface area contributed by atoms with E-state index in [-0.39, 0.29) is 11.3 Å². The lowest BCUT2D eigenvalue weighted by molar-refractivity contribution is -0.140. The van der Waals surface area contributed by atoms with Crippen LogP contribution in [-0.4, -0.2) is 79.1 Å². The zero-order valence-electron chi connectivity index (χ0n) is 19.4. The van der Waals surface area contributed by atoms with E-state index in [1.807, 2.05) is 0 Å². The van der Waals surface area contributed by atoms with Crippen molar-refractivity contribution in [3.63, 3.8) is 0 Å². The van der Waals surface area contributed by atoms with Gasteiger partial charge in [-0.3, -0.25) is 14.5 Å². The number of rotatable bonds is 7. The molecule has 2 aliphatic heterocycles. The smallest absolute Gasteiger partial charge is 0.337 e. The van der Waals surface area contributed by atoms with Crippen molar-refractivity contribution in [1.29, 1.82) is 0 Å². The minimum absolute atomic E-state index is 0.00881. The lowest BCUT2D eigenvalue weighted by Gasteiger charge is -2.29. The number of ketones is 1. The van der Waals surface area contributed by atoms with Gasteiger partial charge in [-0.15, -0.1) is 0 Å². The van der Waals surface area contributed by atoms with Gasteiger partial charge >= 0.3 is 5.97 Å². The van der Waals surface area contributed by atoms with Crippen molar-refractivity contribution < 1.29 is 29.0 Å². The molecule has 2 saturated heterocycles. The minimum Gasteiger partial charge on any atom is -0.507 e. The first-order chi connectivity index (χ1) is 16.9. The van der Waals surface area contributed by atoms with Crippen LogP contribution in [0.25, 0.3) is 5.76 Å². The Morgan fingerprint density at radius 3 is 2.29 bits per heavy atom. The molecule has 1 atom stereocenters. The van der Waals surface area contributed by atoms with Gasteiger partial charge in [0.25, 0.3) is 11.7 Å². The fraction of sp³-hybridized carbons (Fsp3) is 0.346. The van der Waals surface area contributed by atoms with Gasteiger partial charge in [-0.2, -0.15) is 0 Å². The third kappa shape index (κ3) is 5.40. The standard InChI is InChI=1S/C26H27ClN2O6/c1-34-26(33)19-5-3-17(4-6-19)22-21(23(30)18-7-9-20(27)10-8-18)24(31)25(32)29(22)12-2-11-28-13-15-35-16-14-28/h3-10,22,30H,2,11-16H2,1H3/b23-21-. The molecule has 1 N–H and O–H groups in total. The lowest BCUT2D eigenvalue weighted by atomic mass is 9.94. The number of likely N-dealkylation sites (tertiary alicyclic amines) is 1. The maximum atomic E-state index is 13.1. The number of hydrogen-bond donors (Lipinski definition) is 1. The summed E-state index contributed by atoms with van der Waals surface area (Å²) in [6.45, 7) is 4.11. The number of halogens is 1. The molecule has 9 heteroatoms. The Hall–Kier alpha value is -3.20. The van der Waals surface area contributed by atoms with Crippen molar-refractivity contribution in [3.8, 4) is 0 Å². The van der Waals surface area contributed by atoms with Gasteiger partial charge in [-0.1, -0.05) is 23.7 Å². The number of methoxy groups -OCH3 is 1. The third-order valence-electron chi connectivity index (χ3n) is 6.28. The van der Waals surface area contributed by atoms with E-state index in [0.29, 0.717) is 47.9 Å².